The lowest BCUT2D eigenvalue weighted by Gasteiger charge is -2.32. The highest BCUT2D eigenvalue weighted by atomic mass is 16.4. The quantitative estimate of drug-likeness (QED) is 0.707. The van der Waals surface area contributed by atoms with Crippen LogP contribution in [0.25, 0.3) is 0 Å². The maximum absolute atomic E-state index is 10.9. The molecule has 17 heavy (non-hydrogen) atoms. The average Bonchev–Trinajstić information content (AvgIpc) is 2.18. The molecule has 0 radical (unpaired) electrons. The molecule has 1 aliphatic rings. The molecule has 1 heterocycles. The van der Waals surface area contributed by atoms with Crippen molar-refractivity contribution >= 4 is 11.9 Å². The van der Waals surface area contributed by atoms with Crippen molar-refractivity contribution in [2.45, 2.75) is 32.7 Å². The average molecular weight is 240 g/mol. The molecule has 1 fully saturated rings. The van der Waals surface area contributed by atoms with Crippen LogP contribution in [0, 0.1) is 0 Å². The zero-order chi connectivity index (χ0) is 12.8. The van der Waals surface area contributed by atoms with Crippen molar-refractivity contribution in [3.63, 3.8) is 0 Å². The van der Waals surface area contributed by atoms with Crippen molar-refractivity contribution in [2.75, 3.05) is 19.6 Å². The van der Waals surface area contributed by atoms with E-state index in [9.17, 15) is 9.59 Å². The van der Waals surface area contributed by atoms with Crippen LogP contribution in [0.5, 0.6) is 0 Å². The van der Waals surface area contributed by atoms with Crippen LogP contribution >= 0.6 is 0 Å². The van der Waals surface area contributed by atoms with Crippen molar-refractivity contribution in [1.29, 1.82) is 0 Å². The van der Waals surface area contributed by atoms with Crippen LogP contribution in [-0.4, -0.2) is 47.6 Å². The first-order valence-electron chi connectivity index (χ1n) is 5.87. The number of aliphatic carboxylic acids is 1. The van der Waals surface area contributed by atoms with E-state index in [2.05, 4.69) is 10.2 Å². The molecule has 0 aromatic rings. The summed E-state index contributed by atoms with van der Waals surface area (Å²) in [7, 11) is 0. The van der Waals surface area contributed by atoms with E-state index in [1.54, 1.807) is 0 Å². The lowest BCUT2D eigenvalue weighted by molar-refractivity contribution is -0.131. The molecule has 0 atom stereocenters. The van der Waals surface area contributed by atoms with E-state index in [0.29, 0.717) is 6.54 Å². The van der Waals surface area contributed by atoms with Crippen LogP contribution < -0.4 is 5.32 Å². The molecule has 1 rings (SSSR count). The molecular weight excluding hydrogens is 220 g/mol. The fourth-order valence-corrected chi connectivity index (χ4v) is 2.13. The Balaban J connectivity index is 2.32. The highest BCUT2D eigenvalue weighted by Crippen LogP contribution is 2.11. The zero-order valence-electron chi connectivity index (χ0n) is 10.4. The fourth-order valence-electron chi connectivity index (χ4n) is 2.13. The van der Waals surface area contributed by atoms with E-state index < -0.39 is 5.97 Å². The molecule has 1 amide bonds. The molecule has 0 aromatic heterocycles. The van der Waals surface area contributed by atoms with Crippen LogP contribution in [0.15, 0.2) is 11.6 Å². The fraction of sp³-hybridized carbons (Fsp3) is 0.667. The normalized spacial score (nSPS) is 19.1. The molecule has 0 aliphatic carbocycles. The molecule has 0 aromatic carbocycles. The minimum Gasteiger partial charge on any atom is -0.478 e. The summed E-state index contributed by atoms with van der Waals surface area (Å²) in [5.74, 6) is -0.874. The SMILES string of the molecule is CC(=O)NC1CCN(CC(C)=CC(=O)O)CC1. The molecule has 0 saturated carbocycles. The number of hydrogen-bond donors (Lipinski definition) is 2. The van der Waals surface area contributed by atoms with Crippen LogP contribution in [0.4, 0.5) is 0 Å². The van der Waals surface area contributed by atoms with Crippen molar-refractivity contribution in [1.82, 2.24) is 10.2 Å². The molecule has 2 N–H and O–H groups in total. The van der Waals surface area contributed by atoms with E-state index >= 15 is 0 Å². The summed E-state index contributed by atoms with van der Waals surface area (Å²) < 4.78 is 0. The Kier molecular flexibility index (Phi) is 5.15. The lowest BCUT2D eigenvalue weighted by atomic mass is 10.0. The Morgan fingerprint density at radius 3 is 2.41 bits per heavy atom. The van der Waals surface area contributed by atoms with Gasteiger partial charge in [0.15, 0.2) is 0 Å². The number of nitrogens with zero attached hydrogens (tertiary/aromatic N) is 1. The van der Waals surface area contributed by atoms with Crippen molar-refractivity contribution in [3.05, 3.63) is 11.6 Å². The van der Waals surface area contributed by atoms with Gasteiger partial charge < -0.3 is 10.4 Å². The number of rotatable bonds is 4. The Labute approximate surface area is 101 Å². The van der Waals surface area contributed by atoms with Crippen LogP contribution in [0.1, 0.15) is 26.7 Å². The summed E-state index contributed by atoms with van der Waals surface area (Å²) >= 11 is 0. The third kappa shape index (κ3) is 5.49. The number of amides is 1. The van der Waals surface area contributed by atoms with Crippen molar-refractivity contribution in [3.8, 4) is 0 Å². The second-order valence-corrected chi connectivity index (χ2v) is 4.58. The van der Waals surface area contributed by atoms with Crippen LogP contribution in [0.2, 0.25) is 0 Å². The molecule has 5 heteroatoms. The molecule has 0 bridgehead atoms. The number of carboxylic acid groups (broad SMARTS) is 1. The van der Waals surface area contributed by atoms with Gasteiger partial charge in [0.2, 0.25) is 5.91 Å². The smallest absolute Gasteiger partial charge is 0.328 e. The highest BCUT2D eigenvalue weighted by Gasteiger charge is 2.19. The van der Waals surface area contributed by atoms with E-state index in [1.807, 2.05) is 6.92 Å². The molecular formula is C12H20N2O3. The predicted octanol–water partition coefficient (Wildman–Crippen LogP) is 0.618. The molecule has 1 aliphatic heterocycles. The van der Waals surface area contributed by atoms with Gasteiger partial charge in [-0.2, -0.15) is 0 Å². The van der Waals surface area contributed by atoms with E-state index in [0.717, 1.165) is 31.5 Å². The van der Waals surface area contributed by atoms with Gasteiger partial charge in [0, 0.05) is 38.7 Å². The van der Waals surface area contributed by atoms with Gasteiger partial charge in [0.25, 0.3) is 0 Å². The predicted molar refractivity (Wildman–Crippen MR) is 64.7 cm³/mol. The summed E-state index contributed by atoms with van der Waals surface area (Å²) in [5, 5.41) is 11.5. The van der Waals surface area contributed by atoms with Gasteiger partial charge in [-0.05, 0) is 19.8 Å². The molecule has 0 unspecified atom stereocenters. The number of likely N-dealkylation sites (tertiary alicyclic amines) is 1. The Morgan fingerprint density at radius 2 is 1.94 bits per heavy atom. The largest absolute Gasteiger partial charge is 0.478 e. The van der Waals surface area contributed by atoms with Gasteiger partial charge in [-0.25, -0.2) is 4.79 Å². The van der Waals surface area contributed by atoms with Crippen LogP contribution in [0.3, 0.4) is 0 Å². The molecule has 96 valence electrons. The molecule has 5 nitrogen and oxygen atoms in total. The van der Waals surface area contributed by atoms with Gasteiger partial charge in [0.05, 0.1) is 0 Å². The highest BCUT2D eigenvalue weighted by molar-refractivity contribution is 5.80. The summed E-state index contributed by atoms with van der Waals surface area (Å²) in [4.78, 5) is 23.6. The van der Waals surface area contributed by atoms with E-state index in [4.69, 9.17) is 5.11 Å². The summed E-state index contributed by atoms with van der Waals surface area (Å²) in [6.45, 7) is 5.85. The minimum atomic E-state index is -0.893. The van der Waals surface area contributed by atoms with Crippen molar-refractivity contribution in [2.24, 2.45) is 0 Å². The van der Waals surface area contributed by atoms with Gasteiger partial charge in [-0.3, -0.25) is 9.69 Å². The number of carbonyl (C=O) groups is 2. The summed E-state index contributed by atoms with van der Waals surface area (Å²) in [5.41, 5.74) is 0.857. The number of hydrogen-bond acceptors (Lipinski definition) is 3. The topological polar surface area (TPSA) is 69.6 Å². The third-order valence-electron chi connectivity index (χ3n) is 2.84. The zero-order valence-corrected chi connectivity index (χ0v) is 10.4. The monoisotopic (exact) mass is 240 g/mol. The Morgan fingerprint density at radius 1 is 1.35 bits per heavy atom. The first-order chi connectivity index (χ1) is 7.97. The maximum atomic E-state index is 10.9. The van der Waals surface area contributed by atoms with Gasteiger partial charge in [0.1, 0.15) is 0 Å². The third-order valence-corrected chi connectivity index (χ3v) is 2.84. The number of carbonyl (C=O) groups excluding carboxylic acids is 1. The Hall–Kier alpha value is -1.36. The second-order valence-electron chi connectivity index (χ2n) is 4.58. The maximum Gasteiger partial charge on any atom is 0.328 e. The minimum absolute atomic E-state index is 0.0189. The lowest BCUT2D eigenvalue weighted by Crippen LogP contribution is -2.44. The first-order valence-corrected chi connectivity index (χ1v) is 5.87. The van der Waals surface area contributed by atoms with Gasteiger partial charge >= 0.3 is 5.97 Å². The molecule has 0 spiro atoms. The second kappa shape index (κ2) is 6.39. The van der Waals surface area contributed by atoms with Crippen LogP contribution in [-0.2, 0) is 9.59 Å². The number of piperidine rings is 1. The van der Waals surface area contributed by atoms with Gasteiger partial charge in [-0.1, -0.05) is 5.57 Å². The van der Waals surface area contributed by atoms with Gasteiger partial charge in [-0.15, -0.1) is 0 Å². The standard InChI is InChI=1S/C12H20N2O3/c1-9(7-12(16)17)8-14-5-3-11(4-6-14)13-10(2)15/h7,11H,3-6,8H2,1-2H3,(H,13,15)(H,16,17). The molecule has 1 saturated heterocycles. The number of carboxylic acids is 1. The number of nitrogens with one attached hydrogen (secondary N) is 1. The van der Waals surface area contributed by atoms with E-state index in [-0.39, 0.29) is 11.9 Å². The Bertz CT molecular complexity index is 318. The summed E-state index contributed by atoms with van der Waals surface area (Å²) in [6, 6.07) is 0.271. The van der Waals surface area contributed by atoms with Crippen molar-refractivity contribution < 1.29 is 14.7 Å². The first kappa shape index (κ1) is 13.7. The summed E-state index contributed by atoms with van der Waals surface area (Å²) in [6.07, 6.45) is 3.11. The van der Waals surface area contributed by atoms with E-state index in [1.165, 1.54) is 13.0 Å².